The van der Waals surface area contributed by atoms with Crippen molar-refractivity contribution in [2.45, 2.75) is 13.8 Å². The monoisotopic (exact) mass is 279 g/mol. The van der Waals surface area contributed by atoms with E-state index in [4.69, 9.17) is 5.73 Å². The van der Waals surface area contributed by atoms with E-state index in [1.807, 2.05) is 24.9 Å². The quantitative estimate of drug-likeness (QED) is 0.847. The number of hydrogen-bond acceptors (Lipinski definition) is 4. The Morgan fingerprint density at radius 3 is 2.55 bits per heavy atom. The molecule has 1 unspecified atom stereocenters. The van der Waals surface area contributed by atoms with Gasteiger partial charge in [0.05, 0.1) is 5.69 Å². The summed E-state index contributed by atoms with van der Waals surface area (Å²) in [6, 6.07) is 1.85. The van der Waals surface area contributed by atoms with Crippen LogP contribution in [0, 0.1) is 12.8 Å². The lowest BCUT2D eigenvalue weighted by Gasteiger charge is -2.35. The first kappa shape index (κ1) is 15.0. The van der Waals surface area contributed by atoms with Gasteiger partial charge in [-0.2, -0.15) is 5.10 Å². The molecule has 112 valence electrons. The van der Waals surface area contributed by atoms with Crippen LogP contribution in [0.3, 0.4) is 0 Å². The van der Waals surface area contributed by atoms with Gasteiger partial charge in [0, 0.05) is 39.8 Å². The number of carbonyl (C=O) groups excluding carboxylic acids is 1. The first-order valence-electron chi connectivity index (χ1n) is 7.23. The maximum absolute atomic E-state index is 12.4. The van der Waals surface area contributed by atoms with Gasteiger partial charge in [-0.15, -0.1) is 0 Å². The Balaban J connectivity index is 1.90. The Hall–Kier alpha value is -1.40. The highest BCUT2D eigenvalue weighted by atomic mass is 16.2. The molecule has 0 saturated carbocycles. The van der Waals surface area contributed by atoms with Gasteiger partial charge in [0.2, 0.25) is 0 Å². The van der Waals surface area contributed by atoms with E-state index in [1.54, 1.807) is 4.68 Å². The first-order chi connectivity index (χ1) is 9.51. The number of carbonyl (C=O) groups is 1. The van der Waals surface area contributed by atoms with Gasteiger partial charge >= 0.3 is 0 Å². The number of aryl methyl sites for hydroxylation is 2. The molecule has 0 aromatic carbocycles. The average molecular weight is 279 g/mol. The van der Waals surface area contributed by atoms with Gasteiger partial charge in [0.15, 0.2) is 0 Å². The summed E-state index contributed by atoms with van der Waals surface area (Å²) in [4.78, 5) is 16.7. The van der Waals surface area contributed by atoms with Gasteiger partial charge in [-0.3, -0.25) is 14.4 Å². The zero-order valence-electron chi connectivity index (χ0n) is 12.7. The van der Waals surface area contributed by atoms with E-state index in [1.165, 1.54) is 0 Å². The van der Waals surface area contributed by atoms with Crippen molar-refractivity contribution in [2.24, 2.45) is 18.7 Å². The summed E-state index contributed by atoms with van der Waals surface area (Å²) in [5, 5.41) is 4.24. The fourth-order valence-electron chi connectivity index (χ4n) is 2.62. The summed E-state index contributed by atoms with van der Waals surface area (Å²) in [6.45, 7) is 9.20. The minimum absolute atomic E-state index is 0.0830. The average Bonchev–Trinajstić information content (AvgIpc) is 2.77. The van der Waals surface area contributed by atoms with E-state index >= 15 is 0 Å². The Labute approximate surface area is 120 Å². The van der Waals surface area contributed by atoms with E-state index in [0.717, 1.165) is 38.4 Å². The summed E-state index contributed by atoms with van der Waals surface area (Å²) in [7, 11) is 1.82. The zero-order valence-corrected chi connectivity index (χ0v) is 12.7. The molecule has 2 heterocycles. The summed E-state index contributed by atoms with van der Waals surface area (Å²) in [6.07, 6.45) is 0. The number of aromatic nitrogens is 2. The first-order valence-corrected chi connectivity index (χ1v) is 7.23. The van der Waals surface area contributed by atoms with Crippen molar-refractivity contribution in [3.8, 4) is 0 Å². The van der Waals surface area contributed by atoms with Crippen LogP contribution in [0.4, 0.5) is 0 Å². The van der Waals surface area contributed by atoms with Crippen LogP contribution in [-0.4, -0.2) is 64.8 Å². The van der Waals surface area contributed by atoms with Crippen LogP contribution in [-0.2, 0) is 7.05 Å². The SMILES string of the molecule is Cc1cc(C(=O)N2CCN(CC(C)CN)CC2)n(C)n1. The molecular weight excluding hydrogens is 254 g/mol. The van der Waals surface area contributed by atoms with Crippen molar-refractivity contribution in [3.05, 3.63) is 17.5 Å². The Bertz CT molecular complexity index is 462. The van der Waals surface area contributed by atoms with Gasteiger partial charge in [-0.1, -0.05) is 6.92 Å². The molecule has 0 radical (unpaired) electrons. The van der Waals surface area contributed by atoms with Crippen molar-refractivity contribution < 1.29 is 4.79 Å². The molecule has 1 amide bonds. The number of nitrogens with zero attached hydrogens (tertiary/aromatic N) is 4. The highest BCUT2D eigenvalue weighted by Crippen LogP contribution is 2.10. The van der Waals surface area contributed by atoms with Crippen LogP contribution in [0.1, 0.15) is 23.1 Å². The standard InChI is InChI=1S/C14H25N5O/c1-11(9-15)10-18-4-6-19(7-5-18)14(20)13-8-12(2)16-17(13)3/h8,11H,4-7,9-10,15H2,1-3H3. The minimum atomic E-state index is 0.0830. The van der Waals surface area contributed by atoms with Crippen molar-refractivity contribution >= 4 is 5.91 Å². The second-order valence-electron chi connectivity index (χ2n) is 5.73. The molecule has 6 heteroatoms. The summed E-state index contributed by atoms with van der Waals surface area (Å²) < 4.78 is 1.67. The number of nitrogens with two attached hydrogens (primary N) is 1. The zero-order chi connectivity index (χ0) is 14.7. The topological polar surface area (TPSA) is 67.4 Å². The van der Waals surface area contributed by atoms with Crippen LogP contribution in [0.25, 0.3) is 0 Å². The summed E-state index contributed by atoms with van der Waals surface area (Å²) >= 11 is 0. The molecule has 1 fully saturated rings. The lowest BCUT2D eigenvalue weighted by Crippen LogP contribution is -2.50. The molecule has 1 aliphatic heterocycles. The van der Waals surface area contributed by atoms with Crippen LogP contribution >= 0.6 is 0 Å². The predicted molar refractivity (Wildman–Crippen MR) is 78.5 cm³/mol. The molecule has 1 aromatic rings. The summed E-state index contributed by atoms with van der Waals surface area (Å²) in [5.41, 5.74) is 7.21. The highest BCUT2D eigenvalue weighted by molar-refractivity contribution is 5.92. The van der Waals surface area contributed by atoms with Crippen LogP contribution < -0.4 is 5.73 Å². The van der Waals surface area contributed by atoms with Crippen molar-refractivity contribution in [1.82, 2.24) is 19.6 Å². The minimum Gasteiger partial charge on any atom is -0.335 e. The maximum atomic E-state index is 12.4. The number of rotatable bonds is 4. The second-order valence-corrected chi connectivity index (χ2v) is 5.73. The fourth-order valence-corrected chi connectivity index (χ4v) is 2.62. The molecule has 1 atom stereocenters. The molecular formula is C14H25N5O. The largest absolute Gasteiger partial charge is 0.335 e. The van der Waals surface area contributed by atoms with Crippen molar-refractivity contribution in [3.63, 3.8) is 0 Å². The third-order valence-electron chi connectivity index (χ3n) is 3.85. The summed E-state index contributed by atoms with van der Waals surface area (Å²) in [5.74, 6) is 0.594. The van der Waals surface area contributed by atoms with Crippen LogP contribution in [0.2, 0.25) is 0 Å². The Morgan fingerprint density at radius 1 is 1.40 bits per heavy atom. The molecule has 0 spiro atoms. The van der Waals surface area contributed by atoms with Gasteiger partial charge in [0.1, 0.15) is 5.69 Å². The van der Waals surface area contributed by atoms with E-state index in [-0.39, 0.29) is 5.91 Å². The highest BCUT2D eigenvalue weighted by Gasteiger charge is 2.24. The van der Waals surface area contributed by atoms with Gasteiger partial charge in [-0.05, 0) is 25.5 Å². The third kappa shape index (κ3) is 3.37. The van der Waals surface area contributed by atoms with E-state index in [2.05, 4.69) is 16.9 Å². The molecule has 0 bridgehead atoms. The fraction of sp³-hybridized carbons (Fsp3) is 0.714. The molecule has 2 N–H and O–H groups in total. The lowest BCUT2D eigenvalue weighted by atomic mass is 10.1. The lowest BCUT2D eigenvalue weighted by molar-refractivity contribution is 0.0611. The number of amides is 1. The Kier molecular flexibility index (Phi) is 4.77. The molecule has 0 aliphatic carbocycles. The maximum Gasteiger partial charge on any atom is 0.272 e. The van der Waals surface area contributed by atoms with Gasteiger partial charge < -0.3 is 10.6 Å². The van der Waals surface area contributed by atoms with E-state index in [9.17, 15) is 4.79 Å². The smallest absolute Gasteiger partial charge is 0.272 e. The molecule has 6 nitrogen and oxygen atoms in total. The van der Waals surface area contributed by atoms with Gasteiger partial charge in [0.25, 0.3) is 5.91 Å². The van der Waals surface area contributed by atoms with Gasteiger partial charge in [-0.25, -0.2) is 0 Å². The molecule has 1 aliphatic rings. The number of hydrogen-bond donors (Lipinski definition) is 1. The van der Waals surface area contributed by atoms with Crippen molar-refractivity contribution in [1.29, 1.82) is 0 Å². The predicted octanol–water partition coefficient (Wildman–Crippen LogP) is 0.0811. The van der Waals surface area contributed by atoms with E-state index in [0.29, 0.717) is 18.2 Å². The molecule has 2 rings (SSSR count). The molecule has 1 aromatic heterocycles. The van der Waals surface area contributed by atoms with Crippen molar-refractivity contribution in [2.75, 3.05) is 39.3 Å². The third-order valence-corrected chi connectivity index (χ3v) is 3.85. The van der Waals surface area contributed by atoms with E-state index < -0.39 is 0 Å². The molecule has 1 saturated heterocycles. The van der Waals surface area contributed by atoms with Crippen LogP contribution in [0.15, 0.2) is 6.07 Å². The second kappa shape index (κ2) is 6.37. The number of piperazine rings is 1. The Morgan fingerprint density at radius 2 is 2.05 bits per heavy atom. The van der Waals surface area contributed by atoms with Crippen LogP contribution in [0.5, 0.6) is 0 Å². The normalized spacial score (nSPS) is 18.3. The molecule has 20 heavy (non-hydrogen) atoms.